The lowest BCUT2D eigenvalue weighted by molar-refractivity contribution is -0.255. The molecule has 0 amide bonds. The van der Waals surface area contributed by atoms with Crippen LogP contribution in [0.4, 0.5) is 0 Å². The van der Waals surface area contributed by atoms with Crippen molar-refractivity contribution in [2.75, 3.05) is 7.11 Å². The number of carboxylic acids is 1. The third-order valence-corrected chi connectivity index (χ3v) is 3.37. The fraction of sp³-hybridized carbons (Fsp3) is 0.214. The first-order valence-corrected chi connectivity index (χ1v) is 6.52. The molecule has 1 heterocycles. The monoisotopic (exact) mass is 305 g/mol. The second kappa shape index (κ2) is 5.92. The lowest BCUT2D eigenvalue weighted by Crippen LogP contribution is -2.45. The van der Waals surface area contributed by atoms with Gasteiger partial charge in [-0.25, -0.2) is 4.79 Å². The van der Waals surface area contributed by atoms with Crippen molar-refractivity contribution in [3.8, 4) is 0 Å². The van der Waals surface area contributed by atoms with Crippen molar-refractivity contribution in [1.82, 2.24) is 10.6 Å². The van der Waals surface area contributed by atoms with Crippen LogP contribution in [0.2, 0.25) is 0 Å². The van der Waals surface area contributed by atoms with Crippen molar-refractivity contribution in [3.63, 3.8) is 0 Å². The Hall–Kier alpha value is -2.41. The van der Waals surface area contributed by atoms with Gasteiger partial charge >= 0.3 is 5.97 Å². The average Bonchev–Trinajstić information content (AvgIpc) is 2.45. The molecule has 0 saturated heterocycles. The summed E-state index contributed by atoms with van der Waals surface area (Å²) >= 11 is 5.09. The van der Waals surface area contributed by atoms with E-state index in [1.54, 1.807) is 19.1 Å². The largest absolute Gasteiger partial charge is 0.545 e. The molecule has 1 aliphatic rings. The van der Waals surface area contributed by atoms with Crippen LogP contribution >= 0.6 is 12.2 Å². The number of esters is 1. The summed E-state index contributed by atoms with van der Waals surface area (Å²) in [4.78, 5) is 22.7. The third-order valence-electron chi connectivity index (χ3n) is 3.15. The Kier molecular flexibility index (Phi) is 4.23. The number of ether oxygens (including phenoxy) is 1. The number of carbonyl (C=O) groups excluding carboxylic acids is 2. The van der Waals surface area contributed by atoms with Crippen LogP contribution in [0.25, 0.3) is 0 Å². The molecule has 0 bridgehead atoms. The van der Waals surface area contributed by atoms with E-state index in [0.717, 1.165) is 0 Å². The van der Waals surface area contributed by atoms with Crippen LogP contribution in [-0.4, -0.2) is 24.2 Å². The van der Waals surface area contributed by atoms with Crippen LogP contribution < -0.4 is 15.7 Å². The molecule has 0 saturated carbocycles. The summed E-state index contributed by atoms with van der Waals surface area (Å²) in [5.41, 5.74) is 1.76. The molecule has 1 unspecified atom stereocenters. The highest BCUT2D eigenvalue weighted by Gasteiger charge is 2.30. The van der Waals surface area contributed by atoms with Gasteiger partial charge in [0.25, 0.3) is 0 Å². The summed E-state index contributed by atoms with van der Waals surface area (Å²) in [6, 6.07) is 5.55. The summed E-state index contributed by atoms with van der Waals surface area (Å²) in [5.74, 6) is -1.74. The molecule has 0 spiro atoms. The van der Waals surface area contributed by atoms with E-state index in [1.165, 1.54) is 19.2 Å². The summed E-state index contributed by atoms with van der Waals surface area (Å²) in [6.07, 6.45) is 0. The molecule has 2 rings (SSSR count). The van der Waals surface area contributed by atoms with Crippen molar-refractivity contribution < 1.29 is 19.4 Å². The van der Waals surface area contributed by atoms with Crippen molar-refractivity contribution in [1.29, 1.82) is 0 Å². The highest BCUT2D eigenvalue weighted by atomic mass is 32.1. The number of nitrogens with one attached hydrogen (secondary N) is 2. The van der Waals surface area contributed by atoms with Crippen molar-refractivity contribution in [2.45, 2.75) is 13.0 Å². The second-order valence-corrected chi connectivity index (χ2v) is 4.88. The Morgan fingerprint density at radius 1 is 1.29 bits per heavy atom. The molecule has 0 radical (unpaired) electrons. The van der Waals surface area contributed by atoms with E-state index < -0.39 is 18.0 Å². The Morgan fingerprint density at radius 2 is 1.90 bits per heavy atom. The van der Waals surface area contributed by atoms with Crippen molar-refractivity contribution >= 4 is 29.3 Å². The summed E-state index contributed by atoms with van der Waals surface area (Å²) in [5, 5.41) is 17.0. The van der Waals surface area contributed by atoms with Gasteiger partial charge in [0.1, 0.15) is 0 Å². The molecule has 1 aromatic carbocycles. The van der Waals surface area contributed by atoms with Gasteiger partial charge in [0.05, 0.1) is 24.7 Å². The lowest BCUT2D eigenvalue weighted by atomic mass is 9.95. The molecule has 110 valence electrons. The number of thiocarbonyl (C=S) groups is 1. The fourth-order valence-electron chi connectivity index (χ4n) is 2.14. The second-order valence-electron chi connectivity index (χ2n) is 4.47. The minimum atomic E-state index is -1.25. The molecule has 1 aromatic rings. The van der Waals surface area contributed by atoms with Crippen molar-refractivity contribution in [3.05, 3.63) is 46.7 Å². The van der Waals surface area contributed by atoms with Gasteiger partial charge in [-0.1, -0.05) is 24.3 Å². The van der Waals surface area contributed by atoms with Crippen LogP contribution in [0.15, 0.2) is 35.5 Å². The Labute approximate surface area is 126 Å². The van der Waals surface area contributed by atoms with E-state index >= 15 is 0 Å². The molecule has 21 heavy (non-hydrogen) atoms. The Morgan fingerprint density at radius 3 is 2.43 bits per heavy atom. The van der Waals surface area contributed by atoms with E-state index in [2.05, 4.69) is 10.6 Å². The zero-order chi connectivity index (χ0) is 15.6. The van der Waals surface area contributed by atoms with E-state index in [9.17, 15) is 14.7 Å². The molecule has 6 nitrogen and oxygen atoms in total. The topological polar surface area (TPSA) is 90.5 Å². The quantitative estimate of drug-likeness (QED) is 0.601. The number of benzene rings is 1. The van der Waals surface area contributed by atoms with Crippen molar-refractivity contribution in [2.24, 2.45) is 0 Å². The normalized spacial score (nSPS) is 17.8. The molecule has 2 N–H and O–H groups in total. The van der Waals surface area contributed by atoms with Crippen LogP contribution in [0.3, 0.4) is 0 Å². The van der Waals surface area contributed by atoms with Crippen LogP contribution in [-0.2, 0) is 9.53 Å². The number of methoxy groups -OCH3 is 1. The summed E-state index contributed by atoms with van der Waals surface area (Å²) in [6.45, 7) is 1.72. The number of aromatic carboxylic acids is 1. The van der Waals surface area contributed by atoms with Gasteiger partial charge in [0, 0.05) is 5.70 Å². The van der Waals surface area contributed by atoms with Gasteiger partial charge in [-0.3, -0.25) is 0 Å². The maximum Gasteiger partial charge on any atom is 0.337 e. The summed E-state index contributed by atoms with van der Waals surface area (Å²) < 4.78 is 4.78. The number of hydrogen-bond donors (Lipinski definition) is 2. The average molecular weight is 305 g/mol. The molecule has 1 atom stereocenters. The van der Waals surface area contributed by atoms with Gasteiger partial charge < -0.3 is 25.3 Å². The Balaban J connectivity index is 2.43. The predicted octanol–water partition coefficient (Wildman–Crippen LogP) is 0.0159. The number of rotatable bonds is 3. The van der Waals surface area contributed by atoms with Gasteiger partial charge in [-0.15, -0.1) is 0 Å². The minimum Gasteiger partial charge on any atom is -0.545 e. The fourth-order valence-corrected chi connectivity index (χ4v) is 2.41. The van der Waals surface area contributed by atoms with E-state index in [0.29, 0.717) is 21.9 Å². The van der Waals surface area contributed by atoms with Gasteiger partial charge in [-0.2, -0.15) is 0 Å². The first-order valence-electron chi connectivity index (χ1n) is 6.12. The molecule has 7 heteroatoms. The first-order chi connectivity index (χ1) is 9.93. The lowest BCUT2D eigenvalue weighted by Gasteiger charge is -2.29. The molecular formula is C14H13N2O4S-. The summed E-state index contributed by atoms with van der Waals surface area (Å²) in [7, 11) is 1.30. The Bertz CT molecular complexity index is 637. The molecule has 0 aliphatic carbocycles. The smallest absolute Gasteiger partial charge is 0.337 e. The number of allylic oxidation sites excluding steroid dienone is 1. The van der Waals surface area contributed by atoms with Gasteiger partial charge in [0.2, 0.25) is 0 Å². The van der Waals surface area contributed by atoms with Gasteiger partial charge in [-0.05, 0) is 30.3 Å². The number of carboxylic acid groups (broad SMARTS) is 1. The highest BCUT2D eigenvalue weighted by Crippen LogP contribution is 2.27. The van der Waals surface area contributed by atoms with Crippen LogP contribution in [0.1, 0.15) is 28.9 Å². The van der Waals surface area contributed by atoms with Crippen LogP contribution in [0, 0.1) is 0 Å². The zero-order valence-corrected chi connectivity index (χ0v) is 12.2. The molecule has 1 aliphatic heterocycles. The van der Waals surface area contributed by atoms with E-state index in [-0.39, 0.29) is 5.56 Å². The maximum atomic E-state index is 11.9. The molecule has 0 fully saturated rings. The predicted molar refractivity (Wildman–Crippen MR) is 77.1 cm³/mol. The number of carbonyl (C=O) groups is 2. The standard InChI is InChI=1S/C14H14N2O4S/c1-7-10(13(19)20-2)11(16-14(21)15-7)8-3-5-9(6-4-8)12(17)18/h3-6,11H,1-2H3,(H,17,18)(H2,15,16,21)/p-1. The number of hydrogen-bond acceptors (Lipinski definition) is 5. The zero-order valence-electron chi connectivity index (χ0n) is 11.4. The highest BCUT2D eigenvalue weighted by molar-refractivity contribution is 7.80. The first kappa shape index (κ1) is 15.0. The van der Waals surface area contributed by atoms with E-state index in [1.807, 2.05) is 0 Å². The maximum absolute atomic E-state index is 11.9. The minimum absolute atomic E-state index is 0.0654. The molecular weight excluding hydrogens is 292 g/mol. The van der Waals surface area contributed by atoms with E-state index in [4.69, 9.17) is 17.0 Å². The SMILES string of the molecule is COC(=O)C1=C(C)NC(=S)NC1c1ccc(C(=O)[O-])cc1. The molecule has 0 aromatic heterocycles. The van der Waals surface area contributed by atoms with Crippen LogP contribution in [0.5, 0.6) is 0 Å². The van der Waals surface area contributed by atoms with Gasteiger partial charge in [0.15, 0.2) is 5.11 Å². The third kappa shape index (κ3) is 3.03.